The number of halogens is 1. The van der Waals surface area contributed by atoms with Crippen molar-refractivity contribution in [3.8, 4) is 0 Å². The summed E-state index contributed by atoms with van der Waals surface area (Å²) < 4.78 is 13.1. The number of nitro benzene ring substituents is 1. The van der Waals surface area contributed by atoms with Gasteiger partial charge in [-0.15, -0.1) is 0 Å². The molecule has 1 atom stereocenters. The molecule has 0 spiro atoms. The molecular weight excluding hydrogens is 303 g/mol. The number of amides is 1. The van der Waals surface area contributed by atoms with Crippen molar-refractivity contribution in [2.75, 3.05) is 6.54 Å². The number of nitrogens with zero attached hydrogens (tertiary/aromatic N) is 1. The average Bonchev–Trinajstić information content (AvgIpc) is 2.53. The monoisotopic (exact) mass is 318 g/mol. The average molecular weight is 318 g/mol. The Morgan fingerprint density at radius 2 is 1.96 bits per heavy atom. The summed E-state index contributed by atoms with van der Waals surface area (Å²) in [6, 6.07) is 11.4. The zero-order valence-electron chi connectivity index (χ0n) is 12.3. The standard InChI is InChI=1S/C16H15FN2O4/c1-16(21,11-5-3-2-4-6-11)10-18-15(20)13-8-7-12(17)9-14(13)19(22)23/h2-9,21H,10H2,1H3,(H,18,20). The molecule has 7 heteroatoms. The minimum Gasteiger partial charge on any atom is -0.384 e. The summed E-state index contributed by atoms with van der Waals surface area (Å²) in [5.41, 5.74) is -1.64. The van der Waals surface area contributed by atoms with Crippen LogP contribution in [0.4, 0.5) is 10.1 Å². The van der Waals surface area contributed by atoms with Gasteiger partial charge >= 0.3 is 0 Å². The van der Waals surface area contributed by atoms with Gasteiger partial charge in [-0.25, -0.2) is 4.39 Å². The molecule has 1 unspecified atom stereocenters. The number of nitro groups is 1. The van der Waals surface area contributed by atoms with Gasteiger partial charge in [-0.2, -0.15) is 0 Å². The lowest BCUT2D eigenvalue weighted by molar-refractivity contribution is -0.385. The van der Waals surface area contributed by atoms with Crippen LogP contribution in [0, 0.1) is 15.9 Å². The van der Waals surface area contributed by atoms with Crippen molar-refractivity contribution in [3.63, 3.8) is 0 Å². The lowest BCUT2D eigenvalue weighted by Crippen LogP contribution is -2.38. The SMILES string of the molecule is CC(O)(CNC(=O)c1ccc(F)cc1[N+](=O)[O-])c1ccccc1. The lowest BCUT2D eigenvalue weighted by Gasteiger charge is -2.24. The van der Waals surface area contributed by atoms with Gasteiger partial charge in [0.25, 0.3) is 11.6 Å². The molecule has 0 saturated carbocycles. The highest BCUT2D eigenvalue weighted by Crippen LogP contribution is 2.22. The van der Waals surface area contributed by atoms with Crippen LogP contribution in [0.3, 0.4) is 0 Å². The largest absolute Gasteiger partial charge is 0.384 e. The minimum absolute atomic E-state index is 0.148. The maximum Gasteiger partial charge on any atom is 0.285 e. The lowest BCUT2D eigenvalue weighted by atomic mass is 9.96. The second-order valence-electron chi connectivity index (χ2n) is 5.24. The van der Waals surface area contributed by atoms with Gasteiger partial charge < -0.3 is 10.4 Å². The third-order valence-electron chi connectivity index (χ3n) is 3.39. The molecule has 1 amide bonds. The van der Waals surface area contributed by atoms with E-state index < -0.39 is 27.9 Å². The fraction of sp³-hybridized carbons (Fsp3) is 0.188. The topological polar surface area (TPSA) is 92.5 Å². The van der Waals surface area contributed by atoms with E-state index in [0.29, 0.717) is 11.6 Å². The number of benzene rings is 2. The molecule has 2 aromatic carbocycles. The van der Waals surface area contributed by atoms with Crippen molar-refractivity contribution in [1.82, 2.24) is 5.32 Å². The number of rotatable bonds is 5. The molecule has 0 saturated heterocycles. The first-order valence-corrected chi connectivity index (χ1v) is 6.81. The van der Waals surface area contributed by atoms with E-state index in [4.69, 9.17) is 0 Å². The van der Waals surface area contributed by atoms with Gasteiger partial charge in [0, 0.05) is 0 Å². The van der Waals surface area contributed by atoms with Crippen LogP contribution in [0.5, 0.6) is 0 Å². The Kier molecular flexibility index (Phi) is 4.71. The summed E-state index contributed by atoms with van der Waals surface area (Å²) in [7, 11) is 0. The van der Waals surface area contributed by atoms with Crippen LogP contribution < -0.4 is 5.32 Å². The van der Waals surface area contributed by atoms with Gasteiger partial charge in [-0.05, 0) is 24.6 Å². The van der Waals surface area contributed by atoms with Crippen molar-refractivity contribution in [2.24, 2.45) is 0 Å². The molecule has 2 N–H and O–H groups in total. The highest BCUT2D eigenvalue weighted by Gasteiger charge is 2.26. The normalized spacial score (nSPS) is 13.2. The van der Waals surface area contributed by atoms with E-state index in [1.54, 1.807) is 30.3 Å². The summed E-state index contributed by atoms with van der Waals surface area (Å²) in [4.78, 5) is 22.2. The number of nitrogens with one attached hydrogen (secondary N) is 1. The number of hydrogen-bond acceptors (Lipinski definition) is 4. The van der Waals surface area contributed by atoms with E-state index in [1.165, 1.54) is 6.92 Å². The predicted molar refractivity (Wildman–Crippen MR) is 81.4 cm³/mol. The summed E-state index contributed by atoms with van der Waals surface area (Å²) in [6.07, 6.45) is 0. The van der Waals surface area contributed by atoms with Crippen molar-refractivity contribution in [3.05, 3.63) is 75.6 Å². The van der Waals surface area contributed by atoms with Gasteiger partial charge in [-0.1, -0.05) is 30.3 Å². The van der Waals surface area contributed by atoms with Crippen LogP contribution in [0.15, 0.2) is 48.5 Å². The number of aliphatic hydroxyl groups is 1. The fourth-order valence-electron chi connectivity index (χ4n) is 2.09. The van der Waals surface area contributed by atoms with Gasteiger partial charge in [0.1, 0.15) is 17.0 Å². The Morgan fingerprint density at radius 3 is 2.57 bits per heavy atom. The number of carbonyl (C=O) groups is 1. The molecule has 2 rings (SSSR count). The molecule has 0 aliphatic rings. The molecule has 6 nitrogen and oxygen atoms in total. The van der Waals surface area contributed by atoms with E-state index in [9.17, 15) is 24.4 Å². The predicted octanol–water partition coefficient (Wildman–Crippen LogP) is 2.37. The first-order chi connectivity index (χ1) is 10.8. The first-order valence-electron chi connectivity index (χ1n) is 6.81. The summed E-state index contributed by atoms with van der Waals surface area (Å²) in [6.45, 7) is 1.37. The van der Waals surface area contributed by atoms with Crippen LogP contribution in [0.2, 0.25) is 0 Å². The second-order valence-corrected chi connectivity index (χ2v) is 5.24. The Bertz CT molecular complexity index is 732. The van der Waals surface area contributed by atoms with Gasteiger partial charge in [0.2, 0.25) is 0 Å². The van der Waals surface area contributed by atoms with Crippen LogP contribution >= 0.6 is 0 Å². The van der Waals surface area contributed by atoms with Gasteiger partial charge in [0.05, 0.1) is 17.5 Å². The highest BCUT2D eigenvalue weighted by molar-refractivity contribution is 5.98. The smallest absolute Gasteiger partial charge is 0.285 e. The fourth-order valence-corrected chi connectivity index (χ4v) is 2.09. The van der Waals surface area contributed by atoms with Crippen molar-refractivity contribution in [2.45, 2.75) is 12.5 Å². The molecule has 23 heavy (non-hydrogen) atoms. The Hall–Kier alpha value is -2.80. The molecule has 0 fully saturated rings. The Labute approximate surface area is 131 Å². The third-order valence-corrected chi connectivity index (χ3v) is 3.39. The maximum atomic E-state index is 13.1. The van der Waals surface area contributed by atoms with Crippen LogP contribution in [0.1, 0.15) is 22.8 Å². The third kappa shape index (κ3) is 3.89. The molecule has 0 radical (unpaired) electrons. The quantitative estimate of drug-likeness (QED) is 0.654. The molecule has 0 aliphatic carbocycles. The number of hydrogen-bond donors (Lipinski definition) is 2. The molecule has 120 valence electrons. The van der Waals surface area contributed by atoms with Crippen LogP contribution in [-0.2, 0) is 5.60 Å². The molecular formula is C16H15FN2O4. The van der Waals surface area contributed by atoms with Gasteiger partial charge in [0.15, 0.2) is 0 Å². The minimum atomic E-state index is -1.34. The van der Waals surface area contributed by atoms with E-state index in [2.05, 4.69) is 5.32 Å². The zero-order chi connectivity index (χ0) is 17.0. The summed E-state index contributed by atoms with van der Waals surface area (Å²) >= 11 is 0. The van der Waals surface area contributed by atoms with E-state index in [-0.39, 0.29) is 12.1 Å². The highest BCUT2D eigenvalue weighted by atomic mass is 19.1. The van der Waals surface area contributed by atoms with Crippen LogP contribution in [-0.4, -0.2) is 22.5 Å². The Morgan fingerprint density at radius 1 is 1.30 bits per heavy atom. The van der Waals surface area contributed by atoms with E-state index >= 15 is 0 Å². The molecule has 0 bridgehead atoms. The van der Waals surface area contributed by atoms with E-state index in [0.717, 1.165) is 12.1 Å². The second kappa shape index (κ2) is 6.53. The molecule has 0 aliphatic heterocycles. The molecule has 0 aromatic heterocycles. The van der Waals surface area contributed by atoms with Crippen molar-refractivity contribution < 1.29 is 19.2 Å². The van der Waals surface area contributed by atoms with Crippen LogP contribution in [0.25, 0.3) is 0 Å². The van der Waals surface area contributed by atoms with Crippen molar-refractivity contribution in [1.29, 1.82) is 0 Å². The van der Waals surface area contributed by atoms with Crippen molar-refractivity contribution >= 4 is 11.6 Å². The Balaban J connectivity index is 2.16. The maximum absolute atomic E-state index is 13.1. The number of carbonyl (C=O) groups excluding carboxylic acids is 1. The molecule has 0 heterocycles. The first kappa shape index (κ1) is 16.6. The summed E-state index contributed by atoms with van der Waals surface area (Å²) in [5, 5.41) is 23.7. The van der Waals surface area contributed by atoms with Gasteiger partial charge in [-0.3, -0.25) is 14.9 Å². The summed E-state index contributed by atoms with van der Waals surface area (Å²) in [5.74, 6) is -1.56. The molecule has 2 aromatic rings. The van der Waals surface area contributed by atoms with E-state index in [1.807, 2.05) is 0 Å². The zero-order valence-corrected chi connectivity index (χ0v) is 12.3.